The first kappa shape index (κ1) is 25.4. The molecule has 0 aliphatic carbocycles. The van der Waals surface area contributed by atoms with Crippen LogP contribution in [0, 0.1) is 0 Å². The van der Waals surface area contributed by atoms with Crippen molar-refractivity contribution in [3.63, 3.8) is 0 Å². The van der Waals surface area contributed by atoms with Crippen molar-refractivity contribution in [2.75, 3.05) is 11.9 Å². The number of carbonyl (C=O) groups is 1. The van der Waals surface area contributed by atoms with Crippen molar-refractivity contribution < 1.29 is 31.1 Å². The predicted octanol–water partition coefficient (Wildman–Crippen LogP) is 3.48. The van der Waals surface area contributed by atoms with Crippen LogP contribution < -0.4 is 10.5 Å². The number of primary sulfonamides is 1. The molecule has 0 unspecified atom stereocenters. The molecule has 3 N–H and O–H groups in total. The van der Waals surface area contributed by atoms with Crippen molar-refractivity contribution in [2.24, 2.45) is 5.14 Å². The molecule has 34 heavy (non-hydrogen) atoms. The van der Waals surface area contributed by atoms with Gasteiger partial charge in [0.2, 0.25) is 15.9 Å². The van der Waals surface area contributed by atoms with Crippen molar-refractivity contribution in [3.05, 3.63) is 66.0 Å². The zero-order valence-corrected chi connectivity index (χ0v) is 19.0. The topological polar surface area (TPSA) is 116 Å². The van der Waals surface area contributed by atoms with Gasteiger partial charge < -0.3 is 5.32 Å². The summed E-state index contributed by atoms with van der Waals surface area (Å²) in [4.78, 5) is 12.3. The third kappa shape index (κ3) is 6.89. The number of aryl methyl sites for hydroxylation is 1. The number of nitrogens with two attached hydrogens (primary N) is 1. The van der Waals surface area contributed by atoms with Gasteiger partial charge in [0.15, 0.2) is 0 Å². The van der Waals surface area contributed by atoms with Gasteiger partial charge in [-0.3, -0.25) is 14.2 Å². The number of rotatable bonds is 9. The molecule has 0 spiro atoms. The largest absolute Gasteiger partial charge is 0.522 e. The molecule has 0 saturated carbocycles. The Balaban J connectivity index is 1.79. The smallest absolute Gasteiger partial charge is 0.326 e. The first-order chi connectivity index (χ1) is 16.0. The van der Waals surface area contributed by atoms with Gasteiger partial charge in [-0.05, 0) is 29.7 Å². The molecule has 0 saturated heterocycles. The summed E-state index contributed by atoms with van der Waals surface area (Å²) in [5.74, 6) is -0.327. The number of alkyl halides is 3. The van der Waals surface area contributed by atoms with E-state index in [2.05, 4.69) is 15.2 Å². The van der Waals surface area contributed by atoms with Crippen molar-refractivity contribution in [1.29, 1.82) is 0 Å². The molecule has 0 fully saturated rings. The summed E-state index contributed by atoms with van der Waals surface area (Å²) in [7, 11) is -4.20. The van der Waals surface area contributed by atoms with E-state index >= 15 is 0 Å². The summed E-state index contributed by atoms with van der Waals surface area (Å²) in [6.45, 7) is 1.13. The maximum atomic E-state index is 12.5. The third-order valence-electron chi connectivity index (χ3n) is 4.95. The van der Waals surface area contributed by atoms with Crippen molar-refractivity contribution in [1.82, 2.24) is 9.78 Å². The molecule has 3 rings (SSSR count). The molecule has 1 heterocycles. The van der Waals surface area contributed by atoms with E-state index in [4.69, 9.17) is 5.14 Å². The molecule has 0 aliphatic rings. The molecule has 1 amide bonds. The highest BCUT2D eigenvalue weighted by Crippen LogP contribution is 2.29. The van der Waals surface area contributed by atoms with E-state index in [9.17, 15) is 26.4 Å². The lowest BCUT2D eigenvalue weighted by molar-refractivity contribution is -0.325. The van der Waals surface area contributed by atoms with Gasteiger partial charge in [-0.15, -0.1) is 13.2 Å². The van der Waals surface area contributed by atoms with Gasteiger partial charge in [-0.25, -0.2) is 13.6 Å². The Morgan fingerprint density at radius 2 is 1.88 bits per heavy atom. The number of nitrogens with zero attached hydrogens (tertiary/aromatic N) is 2. The minimum absolute atomic E-state index is 0.114. The number of carbonyl (C=O) groups excluding carboxylic acids is 1. The highest BCUT2D eigenvalue weighted by atomic mass is 32.2. The third-order valence-corrected chi connectivity index (χ3v) is 5.90. The molecule has 0 bridgehead atoms. The maximum Gasteiger partial charge on any atom is 0.522 e. The zero-order valence-electron chi connectivity index (χ0n) is 18.2. The summed E-state index contributed by atoms with van der Waals surface area (Å²) < 4.78 is 65.8. The number of anilines is 1. The monoisotopic (exact) mass is 496 g/mol. The summed E-state index contributed by atoms with van der Waals surface area (Å²) in [5.41, 5.74) is 2.66. The van der Waals surface area contributed by atoms with E-state index in [-0.39, 0.29) is 35.0 Å². The van der Waals surface area contributed by atoms with Crippen LogP contribution in [-0.4, -0.2) is 37.1 Å². The van der Waals surface area contributed by atoms with Crippen molar-refractivity contribution in [3.8, 4) is 11.1 Å². The van der Waals surface area contributed by atoms with Crippen molar-refractivity contribution >= 4 is 21.6 Å². The standard InChI is InChI=1S/C22H23F3N4O4S/c1-2-15-5-3-4-6-16(15)11-21(30)28-18-7-8-19(20(12-18)34(26,31)32)17-13-27-29(14-17)9-10-33-22(23,24)25/h3-8,12-14H,2,9-11H2,1H3,(H,28,30)(H2,26,31,32). The van der Waals surface area contributed by atoms with Crippen LogP contribution >= 0.6 is 0 Å². The number of amides is 1. The first-order valence-electron chi connectivity index (χ1n) is 10.2. The number of nitrogens with one attached hydrogen (secondary N) is 1. The molecule has 2 aromatic carbocycles. The van der Waals surface area contributed by atoms with E-state index in [1.165, 1.54) is 35.3 Å². The van der Waals surface area contributed by atoms with Crippen LogP contribution in [-0.2, 0) is 38.9 Å². The van der Waals surface area contributed by atoms with E-state index in [1.54, 1.807) is 0 Å². The second-order valence-corrected chi connectivity index (χ2v) is 8.92. The SMILES string of the molecule is CCc1ccccc1CC(=O)Nc1ccc(-c2cnn(CCOC(F)(F)F)c2)c(S(N)(=O)=O)c1. The maximum absolute atomic E-state index is 12.5. The Morgan fingerprint density at radius 1 is 1.18 bits per heavy atom. The molecule has 12 heteroatoms. The molecule has 1 aromatic heterocycles. The second-order valence-electron chi connectivity index (χ2n) is 7.39. The molecular weight excluding hydrogens is 473 g/mol. The Hall–Kier alpha value is -3.22. The Kier molecular flexibility index (Phi) is 7.75. The van der Waals surface area contributed by atoms with Gasteiger partial charge in [-0.2, -0.15) is 5.10 Å². The van der Waals surface area contributed by atoms with Gasteiger partial charge in [-0.1, -0.05) is 37.3 Å². The van der Waals surface area contributed by atoms with Gasteiger partial charge >= 0.3 is 6.36 Å². The van der Waals surface area contributed by atoms with Crippen molar-refractivity contribution in [2.45, 2.75) is 37.6 Å². The predicted molar refractivity (Wildman–Crippen MR) is 119 cm³/mol. The Labute approximate surface area is 194 Å². The molecule has 0 radical (unpaired) electrons. The van der Waals surface area contributed by atoms with E-state index in [0.717, 1.165) is 17.5 Å². The number of hydrogen-bond donors (Lipinski definition) is 2. The molecule has 8 nitrogen and oxygen atoms in total. The number of ether oxygens (including phenoxy) is 1. The average molecular weight is 497 g/mol. The number of aromatic nitrogens is 2. The van der Waals surface area contributed by atoms with Crippen LogP contribution in [0.1, 0.15) is 18.1 Å². The second kappa shape index (κ2) is 10.4. The minimum atomic E-state index is -4.75. The zero-order chi connectivity index (χ0) is 24.9. The molecule has 0 aliphatic heterocycles. The molecular formula is C22H23F3N4O4S. The fraction of sp³-hybridized carbons (Fsp3) is 0.273. The van der Waals surface area contributed by atoms with Gasteiger partial charge in [0, 0.05) is 23.0 Å². The highest BCUT2D eigenvalue weighted by molar-refractivity contribution is 7.89. The van der Waals surface area contributed by atoms with Gasteiger partial charge in [0.25, 0.3) is 0 Å². The van der Waals surface area contributed by atoms with Gasteiger partial charge in [0.1, 0.15) is 0 Å². The summed E-state index contributed by atoms with van der Waals surface area (Å²) in [6.07, 6.45) is -1.19. The lowest BCUT2D eigenvalue weighted by Gasteiger charge is -2.12. The lowest BCUT2D eigenvalue weighted by atomic mass is 10.0. The van der Waals surface area contributed by atoms with E-state index < -0.39 is 23.0 Å². The average Bonchev–Trinajstić information content (AvgIpc) is 3.21. The summed E-state index contributed by atoms with van der Waals surface area (Å²) in [6, 6.07) is 11.7. The summed E-state index contributed by atoms with van der Waals surface area (Å²) in [5, 5.41) is 12.0. The van der Waals surface area contributed by atoms with Crippen LogP contribution in [0.15, 0.2) is 59.8 Å². The van der Waals surface area contributed by atoms with E-state index in [1.807, 2.05) is 31.2 Å². The van der Waals surface area contributed by atoms with Gasteiger partial charge in [0.05, 0.1) is 30.7 Å². The fourth-order valence-electron chi connectivity index (χ4n) is 3.41. The lowest BCUT2D eigenvalue weighted by Crippen LogP contribution is -2.17. The summed E-state index contributed by atoms with van der Waals surface area (Å²) >= 11 is 0. The number of halogens is 3. The molecule has 3 aromatic rings. The Morgan fingerprint density at radius 3 is 2.53 bits per heavy atom. The van der Waals surface area contributed by atoms with E-state index in [0.29, 0.717) is 5.56 Å². The molecule has 182 valence electrons. The quantitative estimate of drug-likeness (QED) is 0.471. The van der Waals surface area contributed by atoms with Crippen LogP contribution in [0.5, 0.6) is 0 Å². The van der Waals surface area contributed by atoms with Crippen LogP contribution in [0.3, 0.4) is 0 Å². The number of benzene rings is 2. The Bertz CT molecular complexity index is 1270. The van der Waals surface area contributed by atoms with Crippen LogP contribution in [0.25, 0.3) is 11.1 Å². The first-order valence-corrected chi connectivity index (χ1v) is 11.8. The fourth-order valence-corrected chi connectivity index (χ4v) is 4.19. The number of hydrogen-bond acceptors (Lipinski definition) is 5. The molecule has 0 atom stereocenters. The van der Waals surface area contributed by atoms with Crippen LogP contribution in [0.4, 0.5) is 18.9 Å². The normalized spacial score (nSPS) is 12.0. The number of sulfonamides is 1. The van der Waals surface area contributed by atoms with Crippen LogP contribution in [0.2, 0.25) is 0 Å². The minimum Gasteiger partial charge on any atom is -0.326 e. The highest BCUT2D eigenvalue weighted by Gasteiger charge is 2.28.